The number of fused-ring (bicyclic) bond motifs is 1. The number of nitrogens with one attached hydrogen (secondary N) is 3. The molecule has 0 aliphatic heterocycles. The molecule has 8 heteroatoms. The van der Waals surface area contributed by atoms with Gasteiger partial charge in [-0.3, -0.25) is 5.32 Å². The van der Waals surface area contributed by atoms with Crippen LogP contribution in [0.15, 0.2) is 36.4 Å². The van der Waals surface area contributed by atoms with Crippen LogP contribution in [0.3, 0.4) is 0 Å². The van der Waals surface area contributed by atoms with Gasteiger partial charge >= 0.3 is 5.96 Å². The summed E-state index contributed by atoms with van der Waals surface area (Å²) in [5, 5.41) is 7.96. The second kappa shape index (κ2) is 7.85. The smallest absolute Gasteiger partial charge is 0.310 e. The normalized spacial score (nSPS) is 11.5. The van der Waals surface area contributed by atoms with Crippen LogP contribution in [0.25, 0.3) is 10.9 Å². The molecule has 0 spiro atoms. The lowest BCUT2D eigenvalue weighted by Gasteiger charge is -2.06. The summed E-state index contributed by atoms with van der Waals surface area (Å²) in [5.74, 6) is 0.617. The Labute approximate surface area is 167 Å². The van der Waals surface area contributed by atoms with Gasteiger partial charge in [-0.15, -0.1) is 0 Å². The van der Waals surface area contributed by atoms with E-state index in [-0.39, 0.29) is 5.96 Å². The van der Waals surface area contributed by atoms with Crippen molar-refractivity contribution in [2.24, 2.45) is 5.73 Å². The molecule has 0 bridgehead atoms. The monoisotopic (exact) mass is 399 g/mol. The molecule has 0 fully saturated rings. The molecular weight excluding hydrogens is 380 g/mol. The van der Waals surface area contributed by atoms with E-state index in [4.69, 9.17) is 29.6 Å². The molecule has 0 aliphatic rings. The first-order valence-corrected chi connectivity index (χ1v) is 9.09. The molecule has 0 atom stereocenters. The van der Waals surface area contributed by atoms with Gasteiger partial charge in [0.05, 0.1) is 16.9 Å². The predicted octanol–water partition coefficient (Wildman–Crippen LogP) is 2.41. The Balaban J connectivity index is 1.74. The topological polar surface area (TPSA) is 89.8 Å². The summed E-state index contributed by atoms with van der Waals surface area (Å²) in [6.07, 6.45) is 0. The minimum absolute atomic E-state index is 0.219. The Bertz CT molecular complexity index is 1060. The second-order valence-electron chi connectivity index (χ2n) is 6.23. The average molecular weight is 400 g/mol. The first-order chi connectivity index (χ1) is 12.8. The number of rotatable bonds is 2. The summed E-state index contributed by atoms with van der Waals surface area (Å²) in [5.41, 5.74) is 10.6. The van der Waals surface area contributed by atoms with Gasteiger partial charge in [0.15, 0.2) is 0 Å². The Morgan fingerprint density at radius 3 is 2.59 bits per heavy atom. The third kappa shape index (κ3) is 4.69. The predicted molar refractivity (Wildman–Crippen MR) is 115 cm³/mol. The molecule has 6 nitrogen and oxygen atoms in total. The largest absolute Gasteiger partial charge is 0.312 e. The highest BCUT2D eigenvalue weighted by molar-refractivity contribution is 7.80. The number of nitrogens with zero attached hydrogens (tertiary/aromatic N) is 2. The maximum Gasteiger partial charge on any atom is 0.312 e. The quantitative estimate of drug-likeness (QED) is 0.300. The van der Waals surface area contributed by atoms with Crippen LogP contribution in [0.4, 0.5) is 11.6 Å². The number of hydrogen-bond acceptors (Lipinski definition) is 3. The maximum atomic E-state index is 6.12. The zero-order chi connectivity index (χ0) is 19.6. The third-order valence-electron chi connectivity index (χ3n) is 3.97. The highest BCUT2D eigenvalue weighted by Gasteiger charge is 2.10. The van der Waals surface area contributed by atoms with Gasteiger partial charge < -0.3 is 5.73 Å². The molecular formula is C19H20ClN6S+. The summed E-state index contributed by atoms with van der Waals surface area (Å²) in [6.45, 7) is 5.91. The van der Waals surface area contributed by atoms with E-state index in [0.717, 1.165) is 33.4 Å². The lowest BCUT2D eigenvalue weighted by atomic mass is 10.1. The molecule has 1 aromatic heterocycles. The minimum Gasteiger partial charge on any atom is -0.310 e. The summed E-state index contributed by atoms with van der Waals surface area (Å²) in [7, 11) is 0. The molecule has 3 rings (SSSR count). The van der Waals surface area contributed by atoms with Gasteiger partial charge in [-0.05, 0) is 62.8 Å². The fourth-order valence-corrected chi connectivity index (χ4v) is 2.97. The van der Waals surface area contributed by atoms with Crippen LogP contribution in [0.1, 0.15) is 16.8 Å². The maximum absolute atomic E-state index is 6.12. The minimum atomic E-state index is 0.219. The molecule has 2 aromatic carbocycles. The van der Waals surface area contributed by atoms with Crippen molar-refractivity contribution >= 4 is 57.4 Å². The van der Waals surface area contributed by atoms with E-state index >= 15 is 0 Å². The molecule has 138 valence electrons. The molecule has 1 heterocycles. The fraction of sp³-hybridized carbons (Fsp3) is 0.158. The summed E-state index contributed by atoms with van der Waals surface area (Å²) >= 11 is 11.4. The first kappa shape index (κ1) is 19.0. The van der Waals surface area contributed by atoms with Crippen molar-refractivity contribution in [3.05, 3.63) is 58.2 Å². The molecule has 0 saturated carbocycles. The van der Waals surface area contributed by atoms with Crippen molar-refractivity contribution in [2.75, 3.05) is 10.6 Å². The standard InChI is InChI=1S/C19H19ClN6S/c1-10-4-7-16-14(8-10)12(3)22-18(24-16)25-17(21)26-19(27)23-13-6-5-11(2)15(20)9-13/h4-9H,1-3H3,(H4,21,22,23,24,25,26,27)/p+1. The number of anilines is 2. The van der Waals surface area contributed by atoms with Crippen LogP contribution in [0.5, 0.6) is 0 Å². The second-order valence-corrected chi connectivity index (χ2v) is 7.05. The van der Waals surface area contributed by atoms with Crippen molar-refractivity contribution < 1.29 is 4.99 Å². The highest BCUT2D eigenvalue weighted by atomic mass is 35.5. The van der Waals surface area contributed by atoms with E-state index in [1.165, 1.54) is 0 Å². The number of nitrogens with two attached hydrogens (primary N) is 1. The number of aromatic nitrogens is 2. The highest BCUT2D eigenvalue weighted by Crippen LogP contribution is 2.20. The van der Waals surface area contributed by atoms with Crippen LogP contribution in [-0.2, 0) is 0 Å². The van der Waals surface area contributed by atoms with Gasteiger partial charge in [-0.25, -0.2) is 20.3 Å². The Morgan fingerprint density at radius 1 is 1.07 bits per heavy atom. The van der Waals surface area contributed by atoms with Crippen LogP contribution >= 0.6 is 23.8 Å². The SMILES string of the molecule is Cc1ccc2nc(NC(N)=[NH+]C(=S)Nc3ccc(C)c(Cl)c3)nc(C)c2c1. The molecule has 27 heavy (non-hydrogen) atoms. The van der Waals surface area contributed by atoms with E-state index in [2.05, 4.69) is 31.7 Å². The van der Waals surface area contributed by atoms with Gasteiger partial charge in [0.25, 0.3) is 11.1 Å². The molecule has 3 aromatic rings. The van der Waals surface area contributed by atoms with E-state index in [1.807, 2.05) is 45.0 Å². The number of guanidine groups is 1. The lowest BCUT2D eigenvalue weighted by Crippen LogP contribution is -2.82. The van der Waals surface area contributed by atoms with Crippen molar-refractivity contribution in [2.45, 2.75) is 20.8 Å². The van der Waals surface area contributed by atoms with Gasteiger partial charge in [0, 0.05) is 10.4 Å². The summed E-state index contributed by atoms with van der Waals surface area (Å²) in [4.78, 5) is 11.8. The van der Waals surface area contributed by atoms with Crippen molar-refractivity contribution in [3.63, 3.8) is 0 Å². The number of hydrogen-bond donors (Lipinski definition) is 4. The van der Waals surface area contributed by atoms with E-state index in [1.54, 1.807) is 6.07 Å². The number of aryl methyl sites for hydroxylation is 3. The van der Waals surface area contributed by atoms with Crippen LogP contribution in [0.2, 0.25) is 5.02 Å². The van der Waals surface area contributed by atoms with E-state index in [9.17, 15) is 0 Å². The summed E-state index contributed by atoms with van der Waals surface area (Å²) < 4.78 is 0. The zero-order valence-corrected chi connectivity index (χ0v) is 16.8. The first-order valence-electron chi connectivity index (χ1n) is 8.30. The van der Waals surface area contributed by atoms with Gasteiger partial charge in [-0.1, -0.05) is 29.3 Å². The Morgan fingerprint density at radius 2 is 1.85 bits per heavy atom. The van der Waals surface area contributed by atoms with E-state index < -0.39 is 0 Å². The zero-order valence-electron chi connectivity index (χ0n) is 15.2. The molecule has 0 amide bonds. The average Bonchev–Trinajstić information content (AvgIpc) is 2.58. The molecule has 0 radical (unpaired) electrons. The lowest BCUT2D eigenvalue weighted by molar-refractivity contribution is -0.311. The Kier molecular flexibility index (Phi) is 5.53. The van der Waals surface area contributed by atoms with Crippen LogP contribution < -0.4 is 21.4 Å². The number of halogens is 1. The summed E-state index contributed by atoms with van der Waals surface area (Å²) in [6, 6.07) is 11.6. The number of thiocarbonyl (C=S) groups is 1. The van der Waals surface area contributed by atoms with E-state index in [0.29, 0.717) is 16.1 Å². The van der Waals surface area contributed by atoms with Crippen LogP contribution in [-0.4, -0.2) is 21.0 Å². The molecule has 0 unspecified atom stereocenters. The molecule has 0 aliphatic carbocycles. The fourth-order valence-electron chi connectivity index (χ4n) is 2.56. The van der Waals surface area contributed by atoms with Crippen molar-refractivity contribution in [1.82, 2.24) is 9.97 Å². The van der Waals surface area contributed by atoms with Crippen LogP contribution in [0, 0.1) is 20.8 Å². The van der Waals surface area contributed by atoms with Gasteiger partial charge in [-0.2, -0.15) is 0 Å². The number of benzene rings is 2. The molecule has 0 saturated heterocycles. The van der Waals surface area contributed by atoms with Gasteiger partial charge in [0.2, 0.25) is 0 Å². The third-order valence-corrected chi connectivity index (χ3v) is 4.58. The Hall–Kier alpha value is -2.77. The molecule has 5 N–H and O–H groups in total. The van der Waals surface area contributed by atoms with Crippen molar-refractivity contribution in [1.29, 1.82) is 0 Å². The van der Waals surface area contributed by atoms with Crippen molar-refractivity contribution in [3.8, 4) is 0 Å². The van der Waals surface area contributed by atoms with Gasteiger partial charge in [0.1, 0.15) is 0 Å².